The Kier molecular flexibility index (Phi) is 5.23. The normalized spacial score (nSPS) is 19.2. The minimum absolute atomic E-state index is 0.336. The van der Waals surface area contributed by atoms with Crippen LogP contribution in [0.3, 0.4) is 0 Å². The number of imide groups is 1. The van der Waals surface area contributed by atoms with Crippen molar-refractivity contribution in [1.82, 2.24) is 10.4 Å². The molecule has 1 aromatic rings. The zero-order chi connectivity index (χ0) is 17.1. The van der Waals surface area contributed by atoms with Gasteiger partial charge in [-0.05, 0) is 30.7 Å². The second kappa shape index (κ2) is 6.97. The molecule has 2 atom stereocenters. The maximum absolute atomic E-state index is 12.7. The van der Waals surface area contributed by atoms with E-state index in [9.17, 15) is 14.4 Å². The molecule has 1 heterocycles. The van der Waals surface area contributed by atoms with Gasteiger partial charge in [0.15, 0.2) is 0 Å². The third-order valence-electron chi connectivity index (χ3n) is 3.79. The number of hydroxylamine groups is 1. The van der Waals surface area contributed by atoms with Crippen molar-refractivity contribution in [2.45, 2.75) is 26.3 Å². The molecule has 0 aliphatic carbocycles. The van der Waals surface area contributed by atoms with Crippen molar-refractivity contribution in [3.8, 4) is 0 Å². The van der Waals surface area contributed by atoms with Crippen LogP contribution in [0.2, 0.25) is 5.02 Å². The predicted octanol–water partition coefficient (Wildman–Crippen LogP) is 2.03. The second-order valence-corrected chi connectivity index (χ2v) is 5.77. The van der Waals surface area contributed by atoms with E-state index in [1.165, 1.54) is 17.3 Å². The molecule has 1 aliphatic rings. The summed E-state index contributed by atoms with van der Waals surface area (Å²) in [5.41, 5.74) is 1.93. The molecule has 1 aliphatic heterocycles. The average molecular weight is 340 g/mol. The zero-order valence-corrected chi connectivity index (χ0v) is 13.6. The summed E-state index contributed by atoms with van der Waals surface area (Å²) >= 11 is 5.83. The molecule has 23 heavy (non-hydrogen) atoms. The van der Waals surface area contributed by atoms with Crippen molar-refractivity contribution in [3.63, 3.8) is 0 Å². The van der Waals surface area contributed by atoms with Gasteiger partial charge in [-0.1, -0.05) is 25.4 Å². The van der Waals surface area contributed by atoms with E-state index in [1.807, 2.05) is 6.92 Å². The summed E-state index contributed by atoms with van der Waals surface area (Å²) in [4.78, 5) is 39.4. The number of rotatable bonds is 5. The van der Waals surface area contributed by atoms with Crippen molar-refractivity contribution in [2.75, 3.05) is 11.4 Å². The number of anilines is 1. The molecular formula is C15H18ClN3O4. The van der Waals surface area contributed by atoms with Crippen LogP contribution in [0.25, 0.3) is 0 Å². The van der Waals surface area contributed by atoms with Crippen LogP contribution >= 0.6 is 11.6 Å². The van der Waals surface area contributed by atoms with E-state index in [0.717, 1.165) is 4.90 Å². The maximum atomic E-state index is 12.7. The van der Waals surface area contributed by atoms with Gasteiger partial charge in [-0.25, -0.2) is 15.2 Å². The van der Waals surface area contributed by atoms with Gasteiger partial charge in [0.1, 0.15) is 6.04 Å². The number of urea groups is 1. The maximum Gasteiger partial charge on any atom is 0.332 e. The molecule has 1 saturated heterocycles. The first-order valence-corrected chi connectivity index (χ1v) is 7.64. The van der Waals surface area contributed by atoms with Gasteiger partial charge in [0.2, 0.25) is 5.91 Å². The Labute approximate surface area is 138 Å². The molecule has 2 rings (SSSR count). The van der Waals surface area contributed by atoms with E-state index < -0.39 is 29.8 Å². The fourth-order valence-corrected chi connectivity index (χ4v) is 2.77. The van der Waals surface area contributed by atoms with Gasteiger partial charge >= 0.3 is 6.03 Å². The summed E-state index contributed by atoms with van der Waals surface area (Å²) in [7, 11) is 0. The smallest absolute Gasteiger partial charge is 0.311 e. The summed E-state index contributed by atoms with van der Waals surface area (Å²) in [5.74, 6) is -2.09. The molecule has 1 fully saturated rings. The van der Waals surface area contributed by atoms with Gasteiger partial charge in [-0.15, -0.1) is 0 Å². The van der Waals surface area contributed by atoms with Crippen LogP contribution in [0.15, 0.2) is 24.3 Å². The molecular weight excluding hydrogens is 322 g/mol. The Hall–Kier alpha value is -2.12. The van der Waals surface area contributed by atoms with Gasteiger partial charge in [0.25, 0.3) is 5.91 Å². The number of nitrogens with zero attached hydrogens (tertiary/aromatic N) is 2. The highest BCUT2D eigenvalue weighted by molar-refractivity contribution is 6.30. The van der Waals surface area contributed by atoms with Gasteiger partial charge < -0.3 is 4.90 Å². The Morgan fingerprint density at radius 3 is 2.48 bits per heavy atom. The van der Waals surface area contributed by atoms with E-state index in [0.29, 0.717) is 23.7 Å². The van der Waals surface area contributed by atoms with E-state index in [-0.39, 0.29) is 0 Å². The van der Waals surface area contributed by atoms with Crippen molar-refractivity contribution in [3.05, 3.63) is 29.3 Å². The van der Waals surface area contributed by atoms with E-state index in [4.69, 9.17) is 16.8 Å². The van der Waals surface area contributed by atoms with Gasteiger partial charge in [0, 0.05) is 11.6 Å². The Morgan fingerprint density at radius 1 is 1.35 bits per heavy atom. The lowest BCUT2D eigenvalue weighted by Crippen LogP contribution is -2.46. The Morgan fingerprint density at radius 2 is 1.96 bits per heavy atom. The largest absolute Gasteiger partial charge is 0.332 e. The Balaban J connectivity index is 2.39. The first kappa shape index (κ1) is 17.2. The first-order valence-electron chi connectivity index (χ1n) is 7.26. The number of carbonyl (C=O) groups excluding carboxylic acids is 3. The number of amides is 4. The van der Waals surface area contributed by atoms with Crippen molar-refractivity contribution in [1.29, 1.82) is 0 Å². The van der Waals surface area contributed by atoms with Gasteiger partial charge in [-0.2, -0.15) is 0 Å². The minimum Gasteiger partial charge on any atom is -0.311 e. The van der Waals surface area contributed by atoms with Gasteiger partial charge in [-0.3, -0.25) is 14.8 Å². The quantitative estimate of drug-likeness (QED) is 0.488. The highest BCUT2D eigenvalue weighted by atomic mass is 35.5. The van der Waals surface area contributed by atoms with Crippen LogP contribution in [0.1, 0.15) is 20.3 Å². The number of hydrogen-bond acceptors (Lipinski definition) is 4. The van der Waals surface area contributed by atoms with Crippen molar-refractivity contribution >= 4 is 35.1 Å². The standard InChI is InChI=1S/C15H18ClN3O4/c1-3-8-18-12(9(2)13(20)17-23)14(21)19(15(18)22)11-6-4-10(16)5-7-11/h4-7,9,12,23H,3,8H2,1-2H3,(H,17,20). The number of halogens is 1. The lowest BCUT2D eigenvalue weighted by atomic mass is 10.00. The third kappa shape index (κ3) is 3.16. The predicted molar refractivity (Wildman–Crippen MR) is 84.2 cm³/mol. The molecule has 7 nitrogen and oxygen atoms in total. The molecule has 0 aromatic heterocycles. The van der Waals surface area contributed by atoms with Crippen LogP contribution in [-0.2, 0) is 9.59 Å². The summed E-state index contributed by atoms with van der Waals surface area (Å²) in [6.45, 7) is 3.70. The molecule has 124 valence electrons. The fraction of sp³-hybridized carbons (Fsp3) is 0.400. The van der Waals surface area contributed by atoms with E-state index in [2.05, 4.69) is 0 Å². The lowest BCUT2D eigenvalue weighted by molar-refractivity contribution is -0.137. The number of benzene rings is 1. The zero-order valence-electron chi connectivity index (χ0n) is 12.8. The highest BCUT2D eigenvalue weighted by Gasteiger charge is 2.49. The Bertz CT molecular complexity index is 620. The van der Waals surface area contributed by atoms with Crippen LogP contribution in [0.4, 0.5) is 10.5 Å². The molecule has 0 spiro atoms. The number of nitrogens with one attached hydrogen (secondary N) is 1. The van der Waals surface area contributed by atoms with E-state index >= 15 is 0 Å². The molecule has 4 amide bonds. The highest BCUT2D eigenvalue weighted by Crippen LogP contribution is 2.29. The molecule has 0 radical (unpaired) electrons. The second-order valence-electron chi connectivity index (χ2n) is 5.34. The molecule has 2 unspecified atom stereocenters. The summed E-state index contributed by atoms with van der Waals surface area (Å²) in [6, 6.07) is 4.87. The SMILES string of the molecule is CCCN1C(=O)N(c2ccc(Cl)cc2)C(=O)C1C(C)C(=O)NO. The molecule has 0 saturated carbocycles. The summed E-state index contributed by atoms with van der Waals surface area (Å²) in [5, 5.41) is 9.29. The summed E-state index contributed by atoms with van der Waals surface area (Å²) in [6.07, 6.45) is 0.636. The topological polar surface area (TPSA) is 90.0 Å². The molecule has 2 N–H and O–H groups in total. The van der Waals surface area contributed by atoms with E-state index in [1.54, 1.807) is 24.3 Å². The number of carbonyl (C=O) groups is 3. The van der Waals surface area contributed by atoms with Gasteiger partial charge in [0.05, 0.1) is 11.6 Å². The van der Waals surface area contributed by atoms with Crippen LogP contribution in [0, 0.1) is 5.92 Å². The minimum atomic E-state index is -0.953. The molecule has 8 heteroatoms. The van der Waals surface area contributed by atoms with Crippen LogP contribution in [0.5, 0.6) is 0 Å². The van der Waals surface area contributed by atoms with Crippen molar-refractivity contribution < 1.29 is 19.6 Å². The third-order valence-corrected chi connectivity index (χ3v) is 4.04. The molecule has 1 aromatic carbocycles. The van der Waals surface area contributed by atoms with Crippen LogP contribution in [-0.4, -0.2) is 40.5 Å². The molecule has 0 bridgehead atoms. The van der Waals surface area contributed by atoms with Crippen molar-refractivity contribution in [2.24, 2.45) is 5.92 Å². The van der Waals surface area contributed by atoms with Crippen LogP contribution < -0.4 is 10.4 Å². The number of hydrogen-bond donors (Lipinski definition) is 2. The first-order chi connectivity index (χ1) is 10.9. The fourth-order valence-electron chi connectivity index (χ4n) is 2.64. The monoisotopic (exact) mass is 339 g/mol. The summed E-state index contributed by atoms with van der Waals surface area (Å²) < 4.78 is 0. The lowest BCUT2D eigenvalue weighted by Gasteiger charge is -2.24. The average Bonchev–Trinajstić information content (AvgIpc) is 2.78.